The molecule has 3 nitrogen and oxygen atoms in total. The van der Waals surface area contributed by atoms with Gasteiger partial charge in [-0.15, -0.1) is 11.8 Å². The first kappa shape index (κ1) is 14.5. The van der Waals surface area contributed by atoms with Crippen LogP contribution in [0.25, 0.3) is 0 Å². The van der Waals surface area contributed by atoms with E-state index in [0.29, 0.717) is 13.0 Å². The molecule has 1 rings (SSSR count). The maximum absolute atomic E-state index is 10.9. The number of rotatable bonds is 7. The minimum atomic E-state index is -0.778. The van der Waals surface area contributed by atoms with Crippen molar-refractivity contribution < 1.29 is 9.90 Å². The van der Waals surface area contributed by atoms with Gasteiger partial charge in [-0.1, -0.05) is 19.1 Å². The summed E-state index contributed by atoms with van der Waals surface area (Å²) < 4.78 is 1.06. The predicted molar refractivity (Wildman–Crippen MR) is 74.6 cm³/mol. The predicted octanol–water partition coefficient (Wildman–Crippen LogP) is 2.99. The standard InChI is InChI=1S/C12H16BrNO2S/c1-2-14-10(12(15)16)7-8-17-11-6-4-3-5-9(11)13/h3-6,10,14H,2,7-8H2,1H3,(H,15,16). The fourth-order valence-corrected chi connectivity index (χ4v) is 2.99. The van der Waals surface area contributed by atoms with E-state index in [0.717, 1.165) is 15.1 Å². The second-order valence-electron chi connectivity index (χ2n) is 3.52. The van der Waals surface area contributed by atoms with E-state index in [1.54, 1.807) is 11.8 Å². The van der Waals surface area contributed by atoms with Gasteiger partial charge >= 0.3 is 5.97 Å². The van der Waals surface area contributed by atoms with Gasteiger partial charge in [0.25, 0.3) is 0 Å². The number of carboxylic acids is 1. The summed E-state index contributed by atoms with van der Waals surface area (Å²) >= 11 is 5.14. The van der Waals surface area contributed by atoms with Crippen molar-refractivity contribution >= 4 is 33.7 Å². The number of carbonyl (C=O) groups is 1. The molecule has 0 heterocycles. The monoisotopic (exact) mass is 317 g/mol. The Hall–Kier alpha value is -0.520. The molecule has 1 aromatic rings. The molecule has 0 amide bonds. The molecule has 0 aromatic heterocycles. The molecule has 0 saturated heterocycles. The summed E-state index contributed by atoms with van der Waals surface area (Å²) in [5, 5.41) is 11.9. The van der Waals surface area contributed by atoms with Gasteiger partial charge in [-0.25, -0.2) is 0 Å². The molecule has 0 spiro atoms. The number of hydrogen-bond acceptors (Lipinski definition) is 3. The number of nitrogens with one attached hydrogen (secondary N) is 1. The summed E-state index contributed by atoms with van der Waals surface area (Å²) in [4.78, 5) is 12.1. The van der Waals surface area contributed by atoms with Crippen molar-refractivity contribution in [2.24, 2.45) is 0 Å². The molecule has 5 heteroatoms. The summed E-state index contributed by atoms with van der Waals surface area (Å²) in [6.07, 6.45) is 0.620. The molecule has 0 aliphatic rings. The lowest BCUT2D eigenvalue weighted by Gasteiger charge is -2.12. The number of likely N-dealkylation sites (N-methyl/N-ethyl adjacent to an activating group) is 1. The lowest BCUT2D eigenvalue weighted by Crippen LogP contribution is -2.36. The zero-order valence-corrected chi connectivity index (χ0v) is 12.1. The molecule has 0 radical (unpaired) electrons. The Morgan fingerprint density at radius 2 is 2.24 bits per heavy atom. The molecule has 2 N–H and O–H groups in total. The van der Waals surface area contributed by atoms with Gasteiger partial charge in [0.05, 0.1) is 0 Å². The Bertz CT molecular complexity index is 373. The zero-order valence-electron chi connectivity index (χ0n) is 9.65. The van der Waals surface area contributed by atoms with Gasteiger partial charge in [-0.05, 0) is 41.0 Å². The Balaban J connectivity index is 2.41. The topological polar surface area (TPSA) is 49.3 Å². The van der Waals surface area contributed by atoms with Crippen LogP contribution in [0.15, 0.2) is 33.6 Å². The molecule has 94 valence electrons. The van der Waals surface area contributed by atoms with E-state index >= 15 is 0 Å². The van der Waals surface area contributed by atoms with Gasteiger partial charge in [-0.2, -0.15) is 0 Å². The van der Waals surface area contributed by atoms with E-state index in [2.05, 4.69) is 21.2 Å². The molecule has 0 bridgehead atoms. The highest BCUT2D eigenvalue weighted by molar-refractivity contribution is 9.10. The fourth-order valence-electron chi connectivity index (χ4n) is 1.41. The van der Waals surface area contributed by atoms with Crippen molar-refractivity contribution in [2.45, 2.75) is 24.3 Å². The highest BCUT2D eigenvalue weighted by Gasteiger charge is 2.15. The van der Waals surface area contributed by atoms with E-state index in [1.165, 1.54) is 0 Å². The lowest BCUT2D eigenvalue weighted by molar-refractivity contribution is -0.139. The Morgan fingerprint density at radius 3 is 2.82 bits per heavy atom. The molecule has 1 aromatic carbocycles. The van der Waals surface area contributed by atoms with Crippen LogP contribution in [0.3, 0.4) is 0 Å². The second-order valence-corrected chi connectivity index (χ2v) is 5.51. The number of benzene rings is 1. The third-order valence-electron chi connectivity index (χ3n) is 2.25. The minimum absolute atomic E-state index is 0.449. The van der Waals surface area contributed by atoms with Gasteiger partial charge in [0.2, 0.25) is 0 Å². The molecule has 0 fully saturated rings. The van der Waals surface area contributed by atoms with E-state index < -0.39 is 12.0 Å². The van der Waals surface area contributed by atoms with E-state index in [9.17, 15) is 4.79 Å². The maximum Gasteiger partial charge on any atom is 0.320 e. The molecule has 1 atom stereocenters. The Labute approximate surface area is 114 Å². The smallest absolute Gasteiger partial charge is 0.320 e. The number of halogens is 1. The molecule has 1 unspecified atom stereocenters. The van der Waals surface area contributed by atoms with Gasteiger partial charge in [0.15, 0.2) is 0 Å². The average molecular weight is 318 g/mol. The van der Waals surface area contributed by atoms with Crippen LogP contribution in [0.1, 0.15) is 13.3 Å². The quantitative estimate of drug-likeness (QED) is 0.759. The average Bonchev–Trinajstić information content (AvgIpc) is 2.30. The molecule has 0 aliphatic carbocycles. The number of carboxylic acid groups (broad SMARTS) is 1. The molecular formula is C12H16BrNO2S. The van der Waals surface area contributed by atoms with Crippen LogP contribution >= 0.6 is 27.7 Å². The van der Waals surface area contributed by atoms with Gasteiger partial charge < -0.3 is 10.4 Å². The number of thioether (sulfide) groups is 1. The number of hydrogen-bond donors (Lipinski definition) is 2. The highest BCUT2D eigenvalue weighted by atomic mass is 79.9. The third kappa shape index (κ3) is 5.10. The van der Waals surface area contributed by atoms with Crippen molar-refractivity contribution in [3.05, 3.63) is 28.7 Å². The summed E-state index contributed by atoms with van der Waals surface area (Å²) in [7, 11) is 0. The summed E-state index contributed by atoms with van der Waals surface area (Å²) in [6.45, 7) is 2.59. The van der Waals surface area contributed by atoms with Crippen molar-refractivity contribution in [3.63, 3.8) is 0 Å². The maximum atomic E-state index is 10.9. The van der Waals surface area contributed by atoms with E-state index in [-0.39, 0.29) is 0 Å². The van der Waals surface area contributed by atoms with Crippen LogP contribution in [-0.4, -0.2) is 29.4 Å². The van der Waals surface area contributed by atoms with Crippen molar-refractivity contribution in [2.75, 3.05) is 12.3 Å². The van der Waals surface area contributed by atoms with Gasteiger partial charge in [0.1, 0.15) is 6.04 Å². The number of aliphatic carboxylic acids is 1. The van der Waals surface area contributed by atoms with Crippen LogP contribution in [0, 0.1) is 0 Å². The normalized spacial score (nSPS) is 12.4. The third-order valence-corrected chi connectivity index (χ3v) is 4.31. The highest BCUT2D eigenvalue weighted by Crippen LogP contribution is 2.27. The first-order valence-electron chi connectivity index (χ1n) is 5.48. The van der Waals surface area contributed by atoms with Crippen molar-refractivity contribution in [3.8, 4) is 0 Å². The largest absolute Gasteiger partial charge is 0.480 e. The van der Waals surface area contributed by atoms with Crippen LogP contribution in [-0.2, 0) is 4.79 Å². The first-order chi connectivity index (χ1) is 8.15. The van der Waals surface area contributed by atoms with Crippen LogP contribution in [0.5, 0.6) is 0 Å². The van der Waals surface area contributed by atoms with Crippen molar-refractivity contribution in [1.29, 1.82) is 0 Å². The molecule has 0 aliphatic heterocycles. The Kier molecular flexibility index (Phi) is 6.62. The second kappa shape index (κ2) is 7.74. The lowest BCUT2D eigenvalue weighted by atomic mass is 10.2. The van der Waals surface area contributed by atoms with E-state index in [1.807, 2.05) is 31.2 Å². The zero-order chi connectivity index (χ0) is 12.7. The van der Waals surface area contributed by atoms with Gasteiger partial charge in [-0.3, -0.25) is 4.79 Å². The SMILES string of the molecule is CCNC(CCSc1ccccc1Br)C(=O)O. The summed E-state index contributed by atoms with van der Waals surface area (Å²) in [6, 6.07) is 7.51. The molecular weight excluding hydrogens is 302 g/mol. The van der Waals surface area contributed by atoms with Gasteiger partial charge in [0, 0.05) is 15.1 Å². The minimum Gasteiger partial charge on any atom is -0.480 e. The molecule has 0 saturated carbocycles. The first-order valence-corrected chi connectivity index (χ1v) is 7.26. The molecule has 17 heavy (non-hydrogen) atoms. The summed E-state index contributed by atoms with van der Waals surface area (Å²) in [5.41, 5.74) is 0. The Morgan fingerprint density at radius 1 is 1.53 bits per heavy atom. The van der Waals surface area contributed by atoms with E-state index in [4.69, 9.17) is 5.11 Å². The summed E-state index contributed by atoms with van der Waals surface area (Å²) in [5.74, 6) is 0.00614. The fraction of sp³-hybridized carbons (Fsp3) is 0.417. The van der Waals surface area contributed by atoms with Crippen LogP contribution in [0.2, 0.25) is 0 Å². The van der Waals surface area contributed by atoms with Crippen molar-refractivity contribution in [1.82, 2.24) is 5.32 Å². The van der Waals surface area contributed by atoms with Crippen LogP contribution in [0.4, 0.5) is 0 Å². The van der Waals surface area contributed by atoms with Crippen LogP contribution < -0.4 is 5.32 Å².